The zero-order chi connectivity index (χ0) is 26.1. The van der Waals surface area contributed by atoms with Crippen LogP contribution in [0.1, 0.15) is 41.4 Å². The van der Waals surface area contributed by atoms with E-state index in [0.29, 0.717) is 17.8 Å². The Kier molecular flexibility index (Phi) is 6.92. The number of carbonyl (C=O) groups is 1. The Morgan fingerprint density at radius 3 is 2.51 bits per heavy atom. The number of aryl methyl sites for hydroxylation is 1. The summed E-state index contributed by atoms with van der Waals surface area (Å²) in [7, 11) is 0. The highest BCUT2D eigenvalue weighted by Crippen LogP contribution is 2.35. The van der Waals surface area contributed by atoms with Crippen LogP contribution in [0.3, 0.4) is 0 Å². The van der Waals surface area contributed by atoms with Crippen LogP contribution in [0.15, 0.2) is 48.5 Å². The zero-order valence-electron chi connectivity index (χ0n) is 21.1. The number of benzene rings is 2. The molecule has 2 aliphatic rings. The third-order valence-electron chi connectivity index (χ3n) is 7.21. The van der Waals surface area contributed by atoms with Crippen LogP contribution in [-0.2, 0) is 6.54 Å². The van der Waals surface area contributed by atoms with Crippen LogP contribution in [0, 0.1) is 22.9 Å². The lowest BCUT2D eigenvalue weighted by Gasteiger charge is -2.36. The highest BCUT2D eigenvalue weighted by molar-refractivity contribution is 5.95. The van der Waals surface area contributed by atoms with E-state index in [-0.39, 0.29) is 23.5 Å². The van der Waals surface area contributed by atoms with Gasteiger partial charge >= 0.3 is 0 Å². The summed E-state index contributed by atoms with van der Waals surface area (Å²) in [6.07, 6.45) is 1.78. The van der Waals surface area contributed by atoms with Crippen LogP contribution in [0.5, 0.6) is 0 Å². The van der Waals surface area contributed by atoms with E-state index in [9.17, 15) is 19.3 Å². The lowest BCUT2D eigenvalue weighted by Crippen LogP contribution is -2.47. The number of amides is 1. The molecular formula is C27H31FN6O3. The fourth-order valence-electron chi connectivity index (χ4n) is 4.96. The molecule has 1 amide bonds. The summed E-state index contributed by atoms with van der Waals surface area (Å²) < 4.78 is 16.0. The molecule has 1 aliphatic carbocycles. The molecule has 0 bridgehead atoms. The maximum Gasteiger partial charge on any atom is 0.270 e. The van der Waals surface area contributed by atoms with Gasteiger partial charge in [-0.1, -0.05) is 19.1 Å². The molecule has 2 heterocycles. The number of rotatable bonds is 8. The van der Waals surface area contributed by atoms with Crippen molar-refractivity contribution in [3.8, 4) is 5.69 Å². The van der Waals surface area contributed by atoms with Gasteiger partial charge in [0.1, 0.15) is 11.6 Å². The van der Waals surface area contributed by atoms with E-state index in [1.165, 1.54) is 24.3 Å². The second-order valence-corrected chi connectivity index (χ2v) is 9.67. The molecule has 9 nitrogen and oxygen atoms in total. The van der Waals surface area contributed by atoms with Crippen LogP contribution < -0.4 is 4.90 Å². The summed E-state index contributed by atoms with van der Waals surface area (Å²) in [4.78, 5) is 30.9. The number of carbonyl (C=O) groups excluding carboxylic acids is 1. The fraction of sp³-hybridized carbons (Fsp3) is 0.407. The van der Waals surface area contributed by atoms with Crippen molar-refractivity contribution >= 4 is 17.4 Å². The zero-order valence-corrected chi connectivity index (χ0v) is 21.1. The molecule has 0 unspecified atom stereocenters. The first kappa shape index (κ1) is 24.9. The van der Waals surface area contributed by atoms with E-state index in [1.807, 2.05) is 17.9 Å². The Labute approximate surface area is 215 Å². The van der Waals surface area contributed by atoms with Crippen LogP contribution in [0.4, 0.5) is 15.9 Å². The van der Waals surface area contributed by atoms with E-state index in [2.05, 4.69) is 16.7 Å². The van der Waals surface area contributed by atoms with Crippen molar-refractivity contribution in [3.05, 3.63) is 81.3 Å². The highest BCUT2D eigenvalue weighted by atomic mass is 19.1. The number of anilines is 1. The van der Waals surface area contributed by atoms with Gasteiger partial charge in [0.05, 0.1) is 22.8 Å². The summed E-state index contributed by atoms with van der Waals surface area (Å²) >= 11 is 0. The Morgan fingerprint density at radius 2 is 1.86 bits per heavy atom. The predicted octanol–water partition coefficient (Wildman–Crippen LogP) is 4.17. The Morgan fingerprint density at radius 1 is 1.14 bits per heavy atom. The van der Waals surface area contributed by atoms with Gasteiger partial charge in [0.2, 0.25) is 0 Å². The smallest absolute Gasteiger partial charge is 0.270 e. The van der Waals surface area contributed by atoms with Gasteiger partial charge in [-0.15, -0.1) is 0 Å². The molecule has 0 spiro atoms. The highest BCUT2D eigenvalue weighted by Gasteiger charge is 2.36. The minimum absolute atomic E-state index is 0.0773. The topological polar surface area (TPSA) is 87.8 Å². The summed E-state index contributed by atoms with van der Waals surface area (Å²) in [5, 5.41) is 16.1. The van der Waals surface area contributed by atoms with E-state index in [1.54, 1.807) is 22.9 Å². The summed E-state index contributed by atoms with van der Waals surface area (Å²) in [6, 6.07) is 12.3. The number of nitro benzene ring substituents is 1. The molecule has 10 heteroatoms. The Balaban J connectivity index is 1.53. The van der Waals surface area contributed by atoms with Crippen molar-refractivity contribution in [2.24, 2.45) is 0 Å². The number of hydrogen-bond acceptors (Lipinski definition) is 6. The van der Waals surface area contributed by atoms with Crippen molar-refractivity contribution in [3.63, 3.8) is 0 Å². The summed E-state index contributed by atoms with van der Waals surface area (Å²) in [5.41, 5.74) is 2.51. The SMILES string of the molecule is CCN1CCN(c2c(CN(C(=O)c3cccc([N+](=O)[O-])c3)C3CC3)c(C)nn2-c2cccc(F)c2)CC1. The molecule has 5 rings (SSSR count). The molecule has 3 aromatic rings. The van der Waals surface area contributed by atoms with Crippen molar-refractivity contribution in [1.82, 2.24) is 19.6 Å². The molecule has 1 saturated heterocycles. The fourth-order valence-corrected chi connectivity index (χ4v) is 4.96. The van der Waals surface area contributed by atoms with E-state index in [4.69, 9.17) is 5.10 Å². The molecule has 37 heavy (non-hydrogen) atoms. The normalized spacial score (nSPS) is 16.1. The van der Waals surface area contributed by atoms with Crippen LogP contribution >= 0.6 is 0 Å². The lowest BCUT2D eigenvalue weighted by molar-refractivity contribution is -0.384. The van der Waals surface area contributed by atoms with Crippen LogP contribution in [0.2, 0.25) is 0 Å². The summed E-state index contributed by atoms with van der Waals surface area (Å²) in [6.45, 7) is 8.78. The number of non-ortho nitro benzene ring substituents is 1. The molecule has 1 aromatic heterocycles. The first-order valence-electron chi connectivity index (χ1n) is 12.7. The average molecular weight is 507 g/mol. The number of nitro groups is 1. The predicted molar refractivity (Wildman–Crippen MR) is 139 cm³/mol. The number of piperazine rings is 1. The van der Waals surface area contributed by atoms with E-state index < -0.39 is 4.92 Å². The average Bonchev–Trinajstić information content (AvgIpc) is 3.70. The summed E-state index contributed by atoms with van der Waals surface area (Å²) in [5.74, 6) is 0.302. The number of hydrogen-bond donors (Lipinski definition) is 0. The number of nitrogens with zero attached hydrogens (tertiary/aromatic N) is 6. The standard InChI is InChI=1S/C27H31FN6O3/c1-3-30-12-14-31(15-13-30)26-25(19(2)29-33(26)23-8-5-7-21(28)17-23)18-32(22-10-11-22)27(35)20-6-4-9-24(16-20)34(36)37/h4-9,16-17,22H,3,10-15,18H2,1-2H3. The molecule has 0 N–H and O–H groups in total. The number of aromatic nitrogens is 2. The molecule has 2 fully saturated rings. The monoisotopic (exact) mass is 506 g/mol. The minimum Gasteiger partial charge on any atom is -0.354 e. The van der Waals surface area contributed by atoms with Gasteiger partial charge in [0.15, 0.2) is 0 Å². The van der Waals surface area contributed by atoms with E-state index in [0.717, 1.165) is 62.6 Å². The van der Waals surface area contributed by atoms with Crippen LogP contribution in [-0.4, -0.2) is 69.2 Å². The van der Waals surface area contributed by atoms with Gasteiger partial charge in [-0.25, -0.2) is 9.07 Å². The number of likely N-dealkylation sites (N-methyl/N-ethyl adjacent to an activating group) is 1. The Bertz CT molecular complexity index is 1310. The van der Waals surface area contributed by atoms with Crippen molar-refractivity contribution in [2.45, 2.75) is 39.3 Å². The molecule has 0 radical (unpaired) electrons. The molecular weight excluding hydrogens is 475 g/mol. The van der Waals surface area contributed by atoms with E-state index >= 15 is 0 Å². The third-order valence-corrected chi connectivity index (χ3v) is 7.21. The van der Waals surface area contributed by atoms with Crippen LogP contribution in [0.25, 0.3) is 5.69 Å². The van der Waals surface area contributed by atoms with Crippen molar-refractivity contribution in [1.29, 1.82) is 0 Å². The minimum atomic E-state index is -0.487. The first-order valence-corrected chi connectivity index (χ1v) is 12.7. The van der Waals surface area contributed by atoms with Crippen molar-refractivity contribution < 1.29 is 14.1 Å². The molecule has 194 valence electrons. The maximum atomic E-state index is 14.2. The largest absolute Gasteiger partial charge is 0.354 e. The van der Waals surface area contributed by atoms with Gasteiger partial charge in [0.25, 0.3) is 11.6 Å². The quantitative estimate of drug-likeness (QED) is 0.337. The second kappa shape index (κ2) is 10.3. The molecule has 0 atom stereocenters. The first-order chi connectivity index (χ1) is 17.9. The molecule has 2 aromatic carbocycles. The van der Waals surface area contributed by atoms with Gasteiger partial charge in [0, 0.05) is 55.5 Å². The Hall–Kier alpha value is -3.79. The van der Waals surface area contributed by atoms with Gasteiger partial charge in [-0.3, -0.25) is 14.9 Å². The second-order valence-electron chi connectivity index (χ2n) is 9.67. The molecule has 1 aliphatic heterocycles. The third kappa shape index (κ3) is 5.20. The maximum absolute atomic E-state index is 14.2. The van der Waals surface area contributed by atoms with Crippen molar-refractivity contribution in [2.75, 3.05) is 37.6 Å². The van der Waals surface area contributed by atoms with Gasteiger partial charge < -0.3 is 14.7 Å². The van der Waals surface area contributed by atoms with Gasteiger partial charge in [-0.2, -0.15) is 5.10 Å². The lowest BCUT2D eigenvalue weighted by atomic mass is 10.1. The number of halogens is 1. The van der Waals surface area contributed by atoms with Gasteiger partial charge in [-0.05, 0) is 50.6 Å². The molecule has 1 saturated carbocycles.